The lowest BCUT2D eigenvalue weighted by Crippen LogP contribution is -2.34. The first-order chi connectivity index (χ1) is 17.6. The van der Waals surface area contributed by atoms with Crippen molar-refractivity contribution in [2.24, 2.45) is 27.2 Å². The number of benzene rings is 3. The van der Waals surface area contributed by atoms with E-state index in [1.165, 1.54) is 15.9 Å². The zero-order valence-electron chi connectivity index (χ0n) is 20.7. The molecule has 3 aromatic rings. The second-order valence-corrected chi connectivity index (χ2v) is 11.2. The maximum Gasteiger partial charge on any atom is 0.218 e. The van der Waals surface area contributed by atoms with E-state index in [1.54, 1.807) is 0 Å². The van der Waals surface area contributed by atoms with Crippen LogP contribution in [-0.2, 0) is 9.47 Å². The summed E-state index contributed by atoms with van der Waals surface area (Å²) in [7, 11) is -1.87. The van der Waals surface area contributed by atoms with Crippen molar-refractivity contribution in [3.63, 3.8) is 0 Å². The number of guanidine groups is 2. The van der Waals surface area contributed by atoms with Crippen molar-refractivity contribution in [3.8, 4) is 0 Å². The molecule has 0 heterocycles. The van der Waals surface area contributed by atoms with Gasteiger partial charge in [0.25, 0.3) is 0 Å². The molecule has 7 nitrogen and oxygen atoms in total. The van der Waals surface area contributed by atoms with Crippen molar-refractivity contribution in [1.29, 1.82) is 0 Å². The highest BCUT2D eigenvalue weighted by atomic mass is 79.9. The Morgan fingerprint density at radius 2 is 1.08 bits per heavy atom. The summed E-state index contributed by atoms with van der Waals surface area (Å²) < 4.78 is 11.6. The molecule has 9 heteroatoms. The van der Waals surface area contributed by atoms with Crippen molar-refractivity contribution in [2.45, 2.75) is 0 Å². The van der Waals surface area contributed by atoms with Gasteiger partial charge in [-0.1, -0.05) is 70.5 Å². The quantitative estimate of drug-likeness (QED) is 0.101. The van der Waals surface area contributed by atoms with E-state index in [2.05, 4.69) is 117 Å². The van der Waals surface area contributed by atoms with E-state index in [4.69, 9.17) is 26.7 Å². The van der Waals surface area contributed by atoms with Crippen molar-refractivity contribution in [3.05, 3.63) is 91.0 Å². The second-order valence-electron chi connectivity index (χ2n) is 7.54. The molecule has 0 aliphatic carbocycles. The average Bonchev–Trinajstić information content (AvgIpc) is 2.92. The van der Waals surface area contributed by atoms with Gasteiger partial charge in [0.05, 0.1) is 39.1 Å². The van der Waals surface area contributed by atoms with E-state index in [0.717, 1.165) is 6.16 Å². The zero-order chi connectivity index (χ0) is 26.1. The van der Waals surface area contributed by atoms with Crippen LogP contribution in [0.2, 0.25) is 0 Å². The Kier molecular flexibility index (Phi) is 13.8. The normalized spacial score (nSPS) is 11.3. The Bertz CT molecular complexity index is 953. The Labute approximate surface area is 223 Å². The van der Waals surface area contributed by atoms with E-state index in [1.807, 2.05) is 5.83 Å². The molecule has 0 atom stereocenters. The lowest BCUT2D eigenvalue weighted by atomic mass is 10.4. The molecular weight excluding hydrogens is 537 g/mol. The van der Waals surface area contributed by atoms with Gasteiger partial charge in [0.15, 0.2) is 5.96 Å². The standard InChI is InChI=1S/C26H33N5O2P.CH3Br/c27-25(28)31-26(29)30-16-17-32-18-19-33-20-21-34(22-10-4-1-5-11-22,23-12-6-2-7-13-23)24-14-8-3-9-15-24;1-2/h1-15H,16-21H2,(H6,27,28,29,30,31);1H3/q+1;. The van der Waals surface area contributed by atoms with Crippen LogP contribution in [0.3, 0.4) is 0 Å². The van der Waals surface area contributed by atoms with Gasteiger partial charge in [-0.15, -0.1) is 0 Å². The van der Waals surface area contributed by atoms with Crippen LogP contribution in [0.1, 0.15) is 0 Å². The van der Waals surface area contributed by atoms with Crippen molar-refractivity contribution < 1.29 is 9.47 Å². The first-order valence-electron chi connectivity index (χ1n) is 11.6. The smallest absolute Gasteiger partial charge is 0.218 e. The molecule has 0 saturated carbocycles. The van der Waals surface area contributed by atoms with Gasteiger partial charge in [-0.05, 0) is 42.2 Å². The summed E-state index contributed by atoms with van der Waals surface area (Å²) in [5.74, 6) is 1.74. The van der Waals surface area contributed by atoms with Crippen molar-refractivity contribution >= 4 is 51.0 Å². The number of rotatable bonds is 12. The van der Waals surface area contributed by atoms with Gasteiger partial charge in [-0.25, -0.2) is 4.99 Å². The van der Waals surface area contributed by atoms with Crippen LogP contribution < -0.4 is 33.1 Å². The summed E-state index contributed by atoms with van der Waals surface area (Å²) in [6.07, 6.45) is 0.907. The number of halogens is 1. The maximum absolute atomic E-state index is 6.02. The third kappa shape index (κ3) is 9.03. The monoisotopic (exact) mass is 572 g/mol. The highest BCUT2D eigenvalue weighted by Gasteiger charge is 2.44. The van der Waals surface area contributed by atoms with Crippen LogP contribution in [0.5, 0.6) is 0 Å². The van der Waals surface area contributed by atoms with E-state index < -0.39 is 7.26 Å². The predicted molar refractivity (Wildman–Crippen MR) is 159 cm³/mol. The van der Waals surface area contributed by atoms with E-state index in [-0.39, 0.29) is 11.9 Å². The fraction of sp³-hybridized carbons (Fsp3) is 0.259. The van der Waals surface area contributed by atoms with Crippen molar-refractivity contribution in [1.82, 2.24) is 0 Å². The molecule has 36 heavy (non-hydrogen) atoms. The molecule has 0 saturated heterocycles. The molecule has 0 unspecified atom stereocenters. The first kappa shape index (κ1) is 29.5. The molecule has 0 aliphatic heterocycles. The number of hydrogen-bond acceptors (Lipinski definition) is 3. The number of aliphatic imine (C=N–C) groups is 2. The minimum absolute atomic E-state index is 0.0443. The van der Waals surface area contributed by atoms with Gasteiger partial charge in [0.1, 0.15) is 23.2 Å². The Morgan fingerprint density at radius 3 is 1.50 bits per heavy atom. The molecular formula is C27H36BrN5O2P+. The molecule has 0 bridgehead atoms. The van der Waals surface area contributed by atoms with Gasteiger partial charge in [0, 0.05) is 0 Å². The largest absolute Gasteiger partial charge is 0.377 e. The molecule has 0 fully saturated rings. The number of ether oxygens (including phenoxy) is 2. The Hall–Kier alpha value is -2.77. The van der Waals surface area contributed by atoms with Crippen LogP contribution >= 0.6 is 23.2 Å². The topological polar surface area (TPSA) is 121 Å². The molecule has 0 aromatic heterocycles. The van der Waals surface area contributed by atoms with Gasteiger partial charge >= 0.3 is 0 Å². The highest BCUT2D eigenvalue weighted by Crippen LogP contribution is 2.54. The van der Waals surface area contributed by atoms with Crippen LogP contribution in [-0.4, -0.2) is 56.9 Å². The molecule has 3 rings (SSSR count). The second kappa shape index (κ2) is 16.8. The Balaban J connectivity index is 0.00000222. The summed E-state index contributed by atoms with van der Waals surface area (Å²) in [6, 6.07) is 32.4. The number of hydrogen-bond donors (Lipinski definition) is 3. The van der Waals surface area contributed by atoms with Gasteiger partial charge < -0.3 is 26.7 Å². The fourth-order valence-corrected chi connectivity index (χ4v) is 7.91. The number of alkyl halides is 1. The third-order valence-electron chi connectivity index (χ3n) is 5.29. The summed E-state index contributed by atoms with van der Waals surface area (Å²) in [5, 5.41) is 4.05. The fourth-order valence-electron chi connectivity index (χ4n) is 3.80. The third-order valence-corrected chi connectivity index (χ3v) is 9.68. The van der Waals surface area contributed by atoms with Gasteiger partial charge in [-0.3, -0.25) is 0 Å². The van der Waals surface area contributed by atoms with E-state index in [0.29, 0.717) is 33.0 Å². The molecule has 0 spiro atoms. The lowest BCUT2D eigenvalue weighted by Gasteiger charge is -2.27. The Morgan fingerprint density at radius 1 is 0.667 bits per heavy atom. The van der Waals surface area contributed by atoms with E-state index in [9.17, 15) is 0 Å². The van der Waals surface area contributed by atoms with E-state index >= 15 is 0 Å². The summed E-state index contributed by atoms with van der Waals surface area (Å²) in [6.45, 7) is 2.41. The maximum atomic E-state index is 6.02. The summed E-state index contributed by atoms with van der Waals surface area (Å²) >= 11 is 2.94. The molecule has 0 radical (unpaired) electrons. The SMILES string of the molecule is CBr.NC(N)=NC(N)=NCCOCCOCC[P+](c1ccccc1)(c1ccccc1)c1ccccc1. The van der Waals surface area contributed by atoms with Crippen LogP contribution in [0.15, 0.2) is 101 Å². The van der Waals surface area contributed by atoms with Crippen LogP contribution in [0.25, 0.3) is 0 Å². The lowest BCUT2D eigenvalue weighted by molar-refractivity contribution is 0.0570. The molecule has 0 amide bonds. The summed E-state index contributed by atoms with van der Waals surface area (Å²) in [5.41, 5.74) is 16.1. The van der Waals surface area contributed by atoms with Crippen molar-refractivity contribution in [2.75, 3.05) is 45.0 Å². The molecule has 6 N–H and O–H groups in total. The molecule has 192 valence electrons. The number of nitrogens with zero attached hydrogens (tertiary/aromatic N) is 2. The first-order valence-corrected chi connectivity index (χ1v) is 15.2. The molecule has 3 aromatic carbocycles. The minimum atomic E-state index is -1.87. The highest BCUT2D eigenvalue weighted by molar-refractivity contribution is 9.08. The van der Waals surface area contributed by atoms with Gasteiger partial charge in [-0.2, -0.15) is 4.99 Å². The van der Waals surface area contributed by atoms with Gasteiger partial charge in [0.2, 0.25) is 5.96 Å². The number of nitrogens with two attached hydrogens (primary N) is 3. The average molecular weight is 573 g/mol. The van der Waals surface area contributed by atoms with Crippen LogP contribution in [0.4, 0.5) is 0 Å². The van der Waals surface area contributed by atoms with Crippen LogP contribution in [0, 0.1) is 0 Å². The predicted octanol–water partition coefficient (Wildman–Crippen LogP) is 2.61. The summed E-state index contributed by atoms with van der Waals surface area (Å²) in [4.78, 5) is 7.67. The zero-order valence-corrected chi connectivity index (χ0v) is 23.2. The minimum Gasteiger partial charge on any atom is -0.377 e. The molecule has 0 aliphatic rings.